The third-order valence-electron chi connectivity index (χ3n) is 4.98. The van der Waals surface area contributed by atoms with Crippen molar-refractivity contribution in [3.05, 3.63) is 0 Å². The van der Waals surface area contributed by atoms with Crippen molar-refractivity contribution in [1.29, 1.82) is 0 Å². The fourth-order valence-corrected chi connectivity index (χ4v) is 4.14. The summed E-state index contributed by atoms with van der Waals surface area (Å²) in [6.45, 7) is 2.58. The highest BCUT2D eigenvalue weighted by Gasteiger charge is 2.45. The van der Waals surface area contributed by atoms with E-state index in [0.29, 0.717) is 11.8 Å². The molecule has 1 heterocycles. The first-order valence-corrected chi connectivity index (χ1v) is 6.78. The maximum absolute atomic E-state index is 10.2. The van der Waals surface area contributed by atoms with Crippen molar-refractivity contribution >= 4 is 0 Å². The Morgan fingerprint density at radius 1 is 0.867 bits per heavy atom. The molecule has 3 aliphatic rings. The number of aliphatic hydroxyl groups excluding tert-OH is 1. The number of hydrogen-bond donors (Lipinski definition) is 1. The molecule has 3 rings (SSSR count). The summed E-state index contributed by atoms with van der Waals surface area (Å²) >= 11 is 0. The molecule has 2 heteroatoms. The Bertz CT molecular complexity index is 225. The molecular weight excluding hydrogens is 186 g/mol. The zero-order valence-electron chi connectivity index (χ0n) is 9.57. The van der Waals surface area contributed by atoms with Crippen LogP contribution in [0, 0.1) is 11.8 Å². The molecule has 0 unspecified atom stereocenters. The van der Waals surface area contributed by atoms with Gasteiger partial charge in [-0.1, -0.05) is 6.42 Å². The quantitative estimate of drug-likeness (QED) is 0.714. The second-order valence-electron chi connectivity index (χ2n) is 5.73. The predicted molar refractivity (Wildman–Crippen MR) is 60.7 cm³/mol. The number of aliphatic hydroxyl groups is 1. The van der Waals surface area contributed by atoms with Gasteiger partial charge in [0, 0.05) is 12.0 Å². The van der Waals surface area contributed by atoms with Gasteiger partial charge in [0.15, 0.2) is 0 Å². The third kappa shape index (κ3) is 1.72. The van der Waals surface area contributed by atoms with E-state index in [2.05, 4.69) is 4.90 Å². The topological polar surface area (TPSA) is 23.5 Å². The van der Waals surface area contributed by atoms with E-state index >= 15 is 0 Å². The van der Waals surface area contributed by atoms with Crippen LogP contribution in [-0.2, 0) is 0 Å². The molecule has 86 valence electrons. The Hall–Kier alpha value is -0.0800. The zero-order valence-corrected chi connectivity index (χ0v) is 9.57. The van der Waals surface area contributed by atoms with Gasteiger partial charge in [0.1, 0.15) is 0 Å². The zero-order chi connectivity index (χ0) is 10.3. The second kappa shape index (κ2) is 4.06. The summed E-state index contributed by atoms with van der Waals surface area (Å²) in [5.41, 5.74) is 0. The van der Waals surface area contributed by atoms with E-state index in [-0.39, 0.29) is 6.10 Å². The van der Waals surface area contributed by atoms with Crippen LogP contribution in [0.1, 0.15) is 44.9 Å². The maximum Gasteiger partial charge on any atom is 0.0611 e. The fraction of sp³-hybridized carbons (Fsp3) is 1.00. The normalized spacial score (nSPS) is 47.0. The molecule has 2 saturated carbocycles. The minimum absolute atomic E-state index is 0.0330. The van der Waals surface area contributed by atoms with Crippen LogP contribution in [0.5, 0.6) is 0 Å². The first-order chi connectivity index (χ1) is 7.36. The largest absolute Gasteiger partial charge is 0.392 e. The SMILES string of the molecule is O[C@H]1[C@H]2CC[C@H]1[C@@H](N1CCCCC1)CC2. The molecular formula is C13H23NO. The maximum atomic E-state index is 10.2. The van der Waals surface area contributed by atoms with Gasteiger partial charge in [0.2, 0.25) is 0 Å². The molecule has 1 aliphatic heterocycles. The predicted octanol–water partition coefficient (Wildman–Crippen LogP) is 2.02. The lowest BCUT2D eigenvalue weighted by atomic mass is 9.81. The van der Waals surface area contributed by atoms with Crippen LogP contribution in [-0.4, -0.2) is 35.2 Å². The molecule has 0 amide bonds. The van der Waals surface area contributed by atoms with Crippen LogP contribution in [0.4, 0.5) is 0 Å². The van der Waals surface area contributed by atoms with Crippen molar-refractivity contribution in [3.63, 3.8) is 0 Å². The van der Waals surface area contributed by atoms with Gasteiger partial charge < -0.3 is 10.0 Å². The Kier molecular flexibility index (Phi) is 2.73. The van der Waals surface area contributed by atoms with E-state index in [1.165, 1.54) is 58.0 Å². The molecule has 0 aromatic carbocycles. The summed E-state index contributed by atoms with van der Waals surface area (Å²) in [6, 6.07) is 0.721. The van der Waals surface area contributed by atoms with Crippen molar-refractivity contribution in [2.24, 2.45) is 11.8 Å². The monoisotopic (exact) mass is 209 g/mol. The number of nitrogens with zero attached hydrogens (tertiary/aromatic N) is 1. The van der Waals surface area contributed by atoms with E-state index in [0.717, 1.165) is 6.04 Å². The number of fused-ring (bicyclic) bond motifs is 2. The number of likely N-dealkylation sites (tertiary alicyclic amines) is 1. The Morgan fingerprint density at radius 3 is 2.40 bits per heavy atom. The highest BCUT2D eigenvalue weighted by molar-refractivity contribution is 4.97. The molecule has 3 fully saturated rings. The van der Waals surface area contributed by atoms with Crippen molar-refractivity contribution in [2.45, 2.75) is 57.1 Å². The molecule has 0 aromatic heterocycles. The molecule has 2 nitrogen and oxygen atoms in total. The Labute approximate surface area is 92.7 Å². The molecule has 15 heavy (non-hydrogen) atoms. The molecule has 2 bridgehead atoms. The van der Waals surface area contributed by atoms with E-state index in [1.54, 1.807) is 0 Å². The molecule has 4 atom stereocenters. The second-order valence-corrected chi connectivity index (χ2v) is 5.73. The van der Waals surface area contributed by atoms with Crippen LogP contribution >= 0.6 is 0 Å². The van der Waals surface area contributed by atoms with Crippen LogP contribution in [0.15, 0.2) is 0 Å². The Balaban J connectivity index is 1.69. The summed E-state index contributed by atoms with van der Waals surface area (Å²) in [5, 5.41) is 10.2. The van der Waals surface area contributed by atoms with Gasteiger partial charge in [0.05, 0.1) is 6.10 Å². The van der Waals surface area contributed by atoms with Crippen molar-refractivity contribution in [3.8, 4) is 0 Å². The summed E-state index contributed by atoms with van der Waals surface area (Å²) in [4.78, 5) is 2.68. The van der Waals surface area contributed by atoms with Gasteiger partial charge in [0.25, 0.3) is 0 Å². The van der Waals surface area contributed by atoms with E-state index in [9.17, 15) is 5.11 Å². The average Bonchev–Trinajstić information content (AvgIpc) is 2.54. The number of rotatable bonds is 1. The van der Waals surface area contributed by atoms with Crippen LogP contribution in [0.2, 0.25) is 0 Å². The van der Waals surface area contributed by atoms with Crippen LogP contribution in [0.25, 0.3) is 0 Å². The highest BCUT2D eigenvalue weighted by Crippen LogP contribution is 2.44. The van der Waals surface area contributed by atoms with Crippen molar-refractivity contribution < 1.29 is 5.11 Å². The van der Waals surface area contributed by atoms with Gasteiger partial charge in [-0.25, -0.2) is 0 Å². The minimum atomic E-state index is 0.0330. The van der Waals surface area contributed by atoms with Crippen LogP contribution in [0.3, 0.4) is 0 Å². The molecule has 0 spiro atoms. The lowest BCUT2D eigenvalue weighted by molar-refractivity contribution is -0.00651. The third-order valence-corrected chi connectivity index (χ3v) is 4.98. The van der Waals surface area contributed by atoms with Gasteiger partial charge in [-0.05, 0) is 57.5 Å². The fourth-order valence-electron chi connectivity index (χ4n) is 4.14. The molecule has 2 aliphatic carbocycles. The van der Waals surface area contributed by atoms with Gasteiger partial charge in [-0.15, -0.1) is 0 Å². The Morgan fingerprint density at radius 2 is 1.60 bits per heavy atom. The summed E-state index contributed by atoms with van der Waals surface area (Å²) in [6.07, 6.45) is 9.41. The first kappa shape index (κ1) is 10.1. The standard InChI is InChI=1S/C13H23NO/c15-13-10-4-6-11(13)12(7-5-10)14-8-2-1-3-9-14/h10-13,15H,1-9H2/t10-,11-,12-,13-/m0/s1. The summed E-state index contributed by atoms with van der Waals surface area (Å²) in [7, 11) is 0. The van der Waals surface area contributed by atoms with Gasteiger partial charge in [-0.3, -0.25) is 0 Å². The summed E-state index contributed by atoms with van der Waals surface area (Å²) in [5.74, 6) is 1.26. The van der Waals surface area contributed by atoms with Gasteiger partial charge >= 0.3 is 0 Å². The minimum Gasteiger partial charge on any atom is -0.392 e. The molecule has 1 saturated heterocycles. The molecule has 0 aromatic rings. The number of piperidine rings is 1. The van der Waals surface area contributed by atoms with Crippen molar-refractivity contribution in [2.75, 3.05) is 13.1 Å². The van der Waals surface area contributed by atoms with Crippen molar-refractivity contribution in [1.82, 2.24) is 4.90 Å². The average molecular weight is 209 g/mol. The molecule has 1 N–H and O–H groups in total. The van der Waals surface area contributed by atoms with E-state index in [1.807, 2.05) is 0 Å². The highest BCUT2D eigenvalue weighted by atomic mass is 16.3. The number of hydrogen-bond acceptors (Lipinski definition) is 2. The lowest BCUT2D eigenvalue weighted by Crippen LogP contribution is -2.48. The van der Waals surface area contributed by atoms with E-state index in [4.69, 9.17) is 0 Å². The van der Waals surface area contributed by atoms with Gasteiger partial charge in [-0.2, -0.15) is 0 Å². The van der Waals surface area contributed by atoms with Crippen LogP contribution < -0.4 is 0 Å². The smallest absolute Gasteiger partial charge is 0.0611 e. The summed E-state index contributed by atoms with van der Waals surface area (Å²) < 4.78 is 0. The van der Waals surface area contributed by atoms with E-state index < -0.39 is 0 Å². The molecule has 0 radical (unpaired) electrons. The lowest BCUT2D eigenvalue weighted by Gasteiger charge is -2.42. The first-order valence-electron chi connectivity index (χ1n) is 6.78.